The highest BCUT2D eigenvalue weighted by atomic mass is 32.1. The van der Waals surface area contributed by atoms with Gasteiger partial charge in [0.1, 0.15) is 0 Å². The van der Waals surface area contributed by atoms with Crippen LogP contribution in [0.4, 0.5) is 0 Å². The molecule has 0 aliphatic carbocycles. The number of hydrogen-bond donors (Lipinski definition) is 1. The van der Waals surface area contributed by atoms with Gasteiger partial charge in [-0.3, -0.25) is 0 Å². The maximum Gasteiger partial charge on any atom is 0.0671 e. The highest BCUT2D eigenvalue weighted by molar-refractivity contribution is 7.09. The van der Waals surface area contributed by atoms with Crippen LogP contribution in [-0.4, -0.2) is 39.5 Å². The van der Waals surface area contributed by atoms with Crippen LogP contribution in [0.2, 0.25) is 0 Å². The molecule has 1 aromatic rings. The third-order valence-electron chi connectivity index (χ3n) is 2.25. The Morgan fingerprint density at radius 3 is 3.00 bits per heavy atom. The van der Waals surface area contributed by atoms with Crippen LogP contribution in [0.1, 0.15) is 11.8 Å². The van der Waals surface area contributed by atoms with Crippen LogP contribution in [-0.2, 0) is 15.9 Å². The second-order valence-electron chi connectivity index (χ2n) is 3.71. The second-order valence-corrected chi connectivity index (χ2v) is 4.74. The lowest BCUT2D eigenvalue weighted by molar-refractivity contribution is 0.0671. The van der Waals surface area contributed by atoms with Crippen molar-refractivity contribution in [1.82, 2.24) is 5.32 Å². The number of rotatable bonds is 9. The van der Waals surface area contributed by atoms with Crippen molar-refractivity contribution in [1.29, 1.82) is 0 Å². The van der Waals surface area contributed by atoms with Crippen LogP contribution >= 0.6 is 11.3 Å². The van der Waals surface area contributed by atoms with Crippen LogP contribution in [0, 0.1) is 0 Å². The molecule has 0 aliphatic heterocycles. The Kier molecular flexibility index (Phi) is 7.42. The lowest BCUT2D eigenvalue weighted by Crippen LogP contribution is -2.29. The van der Waals surface area contributed by atoms with Crippen molar-refractivity contribution in [2.24, 2.45) is 0 Å². The van der Waals surface area contributed by atoms with Crippen molar-refractivity contribution in [3.63, 3.8) is 0 Å². The van der Waals surface area contributed by atoms with E-state index in [0.717, 1.165) is 32.7 Å². The van der Waals surface area contributed by atoms with Gasteiger partial charge < -0.3 is 14.8 Å². The molecule has 0 aromatic carbocycles. The largest absolute Gasteiger partial charge is 0.383 e. The highest BCUT2D eigenvalue weighted by Crippen LogP contribution is 2.09. The Labute approximate surface area is 102 Å². The lowest BCUT2D eigenvalue weighted by atomic mass is 10.3. The Bertz CT molecular complexity index is 252. The van der Waals surface area contributed by atoms with E-state index >= 15 is 0 Å². The summed E-state index contributed by atoms with van der Waals surface area (Å²) in [7, 11) is 1.71. The number of thiophene rings is 1. The predicted octanol–water partition coefficient (Wildman–Crippen LogP) is 1.93. The number of methoxy groups -OCH3 is 1. The summed E-state index contributed by atoms with van der Waals surface area (Å²) in [6, 6.07) is 4.23. The van der Waals surface area contributed by atoms with Gasteiger partial charge in [0.2, 0.25) is 0 Å². The fraction of sp³-hybridized carbons (Fsp3) is 0.667. The van der Waals surface area contributed by atoms with E-state index in [-0.39, 0.29) is 6.10 Å². The average Bonchev–Trinajstić information content (AvgIpc) is 2.77. The van der Waals surface area contributed by atoms with Gasteiger partial charge in [0.15, 0.2) is 0 Å². The minimum absolute atomic E-state index is 0.261. The number of ether oxygens (including phenoxy) is 2. The SMILES string of the molecule is COCCNCC(C)OCCc1cccs1. The van der Waals surface area contributed by atoms with Crippen LogP contribution in [0.5, 0.6) is 0 Å². The fourth-order valence-electron chi connectivity index (χ4n) is 1.35. The molecular formula is C12H21NO2S. The van der Waals surface area contributed by atoms with Gasteiger partial charge in [0, 0.05) is 31.5 Å². The zero-order chi connectivity index (χ0) is 11.6. The quantitative estimate of drug-likeness (QED) is 0.672. The molecule has 0 saturated heterocycles. The van der Waals surface area contributed by atoms with E-state index in [4.69, 9.17) is 9.47 Å². The normalized spacial score (nSPS) is 12.9. The van der Waals surface area contributed by atoms with Gasteiger partial charge in [-0.25, -0.2) is 0 Å². The first-order chi connectivity index (χ1) is 7.83. The Balaban J connectivity index is 1.95. The van der Waals surface area contributed by atoms with Gasteiger partial charge in [0.25, 0.3) is 0 Å². The van der Waals surface area contributed by atoms with Crippen LogP contribution in [0.15, 0.2) is 17.5 Å². The number of hydrogen-bond acceptors (Lipinski definition) is 4. The Hall–Kier alpha value is -0.420. The Morgan fingerprint density at radius 2 is 2.31 bits per heavy atom. The summed E-state index contributed by atoms with van der Waals surface area (Å²) in [5, 5.41) is 5.38. The maximum atomic E-state index is 5.70. The molecule has 0 saturated carbocycles. The molecule has 16 heavy (non-hydrogen) atoms. The molecule has 1 heterocycles. The fourth-order valence-corrected chi connectivity index (χ4v) is 2.04. The molecule has 1 atom stereocenters. The Morgan fingerprint density at radius 1 is 1.44 bits per heavy atom. The van der Waals surface area contributed by atoms with Crippen LogP contribution < -0.4 is 5.32 Å². The average molecular weight is 243 g/mol. The van der Waals surface area contributed by atoms with Crippen molar-refractivity contribution >= 4 is 11.3 Å². The van der Waals surface area contributed by atoms with E-state index in [9.17, 15) is 0 Å². The monoisotopic (exact) mass is 243 g/mol. The summed E-state index contributed by atoms with van der Waals surface area (Å²) in [5.74, 6) is 0. The first-order valence-electron chi connectivity index (χ1n) is 5.66. The van der Waals surface area contributed by atoms with E-state index in [1.54, 1.807) is 18.4 Å². The van der Waals surface area contributed by atoms with Crippen molar-refractivity contribution < 1.29 is 9.47 Å². The van der Waals surface area contributed by atoms with Crippen molar-refractivity contribution in [3.8, 4) is 0 Å². The summed E-state index contributed by atoms with van der Waals surface area (Å²) >= 11 is 1.79. The molecule has 0 aliphatic rings. The smallest absolute Gasteiger partial charge is 0.0671 e. The van der Waals surface area contributed by atoms with E-state index < -0.39 is 0 Å². The topological polar surface area (TPSA) is 30.5 Å². The minimum atomic E-state index is 0.261. The van der Waals surface area contributed by atoms with Gasteiger partial charge in [-0.05, 0) is 18.4 Å². The van der Waals surface area contributed by atoms with Crippen molar-refractivity contribution in [3.05, 3.63) is 22.4 Å². The molecule has 1 unspecified atom stereocenters. The van der Waals surface area contributed by atoms with Crippen molar-refractivity contribution in [2.75, 3.05) is 33.4 Å². The van der Waals surface area contributed by atoms with E-state index in [0.29, 0.717) is 0 Å². The molecule has 1 rings (SSSR count). The molecule has 92 valence electrons. The third kappa shape index (κ3) is 6.23. The molecule has 0 radical (unpaired) electrons. The van der Waals surface area contributed by atoms with E-state index in [2.05, 4.69) is 29.8 Å². The molecule has 0 amide bonds. The summed E-state index contributed by atoms with van der Waals surface area (Å²) in [5.41, 5.74) is 0. The molecule has 4 heteroatoms. The summed E-state index contributed by atoms with van der Waals surface area (Å²) < 4.78 is 10.7. The first kappa shape index (κ1) is 13.6. The summed E-state index contributed by atoms with van der Waals surface area (Å²) in [4.78, 5) is 1.39. The molecule has 1 N–H and O–H groups in total. The minimum Gasteiger partial charge on any atom is -0.383 e. The van der Waals surface area contributed by atoms with Gasteiger partial charge in [-0.15, -0.1) is 11.3 Å². The predicted molar refractivity (Wildman–Crippen MR) is 68.2 cm³/mol. The standard InChI is InChI=1S/C12H21NO2S/c1-11(10-13-6-8-14-2)15-7-5-12-4-3-9-16-12/h3-4,9,11,13H,5-8,10H2,1-2H3. The number of nitrogens with one attached hydrogen (secondary N) is 1. The van der Waals surface area contributed by atoms with Gasteiger partial charge in [-0.1, -0.05) is 6.07 Å². The van der Waals surface area contributed by atoms with Gasteiger partial charge in [0.05, 0.1) is 19.3 Å². The zero-order valence-electron chi connectivity index (χ0n) is 10.1. The summed E-state index contributed by atoms with van der Waals surface area (Å²) in [6.45, 7) is 5.41. The highest BCUT2D eigenvalue weighted by Gasteiger charge is 2.01. The maximum absolute atomic E-state index is 5.70. The molecule has 3 nitrogen and oxygen atoms in total. The van der Waals surface area contributed by atoms with Gasteiger partial charge in [-0.2, -0.15) is 0 Å². The van der Waals surface area contributed by atoms with Crippen LogP contribution in [0.3, 0.4) is 0 Å². The third-order valence-corrected chi connectivity index (χ3v) is 3.18. The van der Waals surface area contributed by atoms with Crippen LogP contribution in [0.25, 0.3) is 0 Å². The summed E-state index contributed by atoms with van der Waals surface area (Å²) in [6.07, 6.45) is 1.27. The molecule has 0 fully saturated rings. The molecule has 1 aromatic heterocycles. The first-order valence-corrected chi connectivity index (χ1v) is 6.54. The van der Waals surface area contributed by atoms with E-state index in [1.807, 2.05) is 0 Å². The molecule has 0 bridgehead atoms. The lowest BCUT2D eigenvalue weighted by Gasteiger charge is -2.13. The molecule has 0 spiro atoms. The molecular weight excluding hydrogens is 222 g/mol. The van der Waals surface area contributed by atoms with Crippen molar-refractivity contribution in [2.45, 2.75) is 19.4 Å². The van der Waals surface area contributed by atoms with Gasteiger partial charge >= 0.3 is 0 Å². The van der Waals surface area contributed by atoms with E-state index in [1.165, 1.54) is 4.88 Å². The zero-order valence-corrected chi connectivity index (χ0v) is 10.9. The second kappa shape index (κ2) is 8.70.